The Labute approximate surface area is 79.0 Å². The number of esters is 1. The van der Waals surface area contributed by atoms with Crippen molar-refractivity contribution in [3.05, 3.63) is 11.6 Å². The topological polar surface area (TPSA) is 26.3 Å². The number of ether oxygens (including phenoxy) is 1. The zero-order chi connectivity index (χ0) is 9.26. The van der Waals surface area contributed by atoms with Gasteiger partial charge in [-0.2, -0.15) is 0 Å². The highest BCUT2D eigenvalue weighted by Gasteiger charge is 2.37. The maximum Gasteiger partial charge on any atom is 0.330 e. The van der Waals surface area contributed by atoms with E-state index in [1.54, 1.807) is 6.08 Å². The molecule has 2 saturated carbocycles. The van der Waals surface area contributed by atoms with Gasteiger partial charge in [0.1, 0.15) is 0 Å². The van der Waals surface area contributed by atoms with Gasteiger partial charge in [-0.1, -0.05) is 5.57 Å². The van der Waals surface area contributed by atoms with E-state index in [9.17, 15) is 4.79 Å². The summed E-state index contributed by atoms with van der Waals surface area (Å²) in [7, 11) is 0. The summed E-state index contributed by atoms with van der Waals surface area (Å²) in [6, 6.07) is 0. The van der Waals surface area contributed by atoms with E-state index in [0.29, 0.717) is 6.61 Å². The number of allylic oxidation sites excluding steroid dienone is 1. The average molecular weight is 180 g/mol. The van der Waals surface area contributed by atoms with Crippen molar-refractivity contribution in [2.45, 2.75) is 32.6 Å². The van der Waals surface area contributed by atoms with Crippen molar-refractivity contribution >= 4 is 5.97 Å². The van der Waals surface area contributed by atoms with Gasteiger partial charge in [-0.05, 0) is 44.4 Å². The predicted octanol–water partition coefficient (Wildman–Crippen LogP) is 2.30. The Hall–Kier alpha value is -0.790. The first-order chi connectivity index (χ1) is 6.29. The summed E-state index contributed by atoms with van der Waals surface area (Å²) in [6.45, 7) is 2.32. The molecule has 2 unspecified atom stereocenters. The number of hydrogen-bond acceptors (Lipinski definition) is 2. The van der Waals surface area contributed by atoms with E-state index in [-0.39, 0.29) is 5.97 Å². The van der Waals surface area contributed by atoms with Crippen LogP contribution in [0.5, 0.6) is 0 Å². The molecule has 0 N–H and O–H groups in total. The molecule has 2 fully saturated rings. The van der Waals surface area contributed by atoms with Crippen molar-refractivity contribution in [1.29, 1.82) is 0 Å². The Morgan fingerprint density at radius 2 is 2.08 bits per heavy atom. The monoisotopic (exact) mass is 180 g/mol. The third kappa shape index (κ3) is 1.77. The summed E-state index contributed by atoms with van der Waals surface area (Å²) in [5.74, 6) is 1.63. The Bertz CT molecular complexity index is 228. The molecule has 0 spiro atoms. The molecule has 0 amide bonds. The third-order valence-electron chi connectivity index (χ3n) is 3.23. The average Bonchev–Trinajstić information content (AvgIpc) is 2.31. The number of rotatable bonds is 2. The van der Waals surface area contributed by atoms with Gasteiger partial charge in [-0.25, -0.2) is 4.79 Å². The van der Waals surface area contributed by atoms with Crippen LogP contribution in [0.1, 0.15) is 32.6 Å². The van der Waals surface area contributed by atoms with Crippen LogP contribution in [0.15, 0.2) is 11.6 Å². The summed E-state index contributed by atoms with van der Waals surface area (Å²) in [5.41, 5.74) is 1.31. The Balaban J connectivity index is 1.90. The van der Waals surface area contributed by atoms with Gasteiger partial charge in [0, 0.05) is 6.08 Å². The highest BCUT2D eigenvalue weighted by molar-refractivity contribution is 5.82. The highest BCUT2D eigenvalue weighted by atomic mass is 16.5. The predicted molar refractivity (Wildman–Crippen MR) is 50.2 cm³/mol. The summed E-state index contributed by atoms with van der Waals surface area (Å²) in [6.07, 6.45) is 6.73. The van der Waals surface area contributed by atoms with Gasteiger partial charge in [0.15, 0.2) is 0 Å². The SMILES string of the molecule is CCOC(=O)C=C1CC2CCC2C1. The lowest BCUT2D eigenvalue weighted by Crippen LogP contribution is -2.18. The minimum absolute atomic E-state index is 0.154. The van der Waals surface area contributed by atoms with Crippen molar-refractivity contribution in [1.82, 2.24) is 0 Å². The van der Waals surface area contributed by atoms with Crippen LogP contribution >= 0.6 is 0 Å². The van der Waals surface area contributed by atoms with E-state index in [0.717, 1.165) is 24.7 Å². The molecule has 2 atom stereocenters. The lowest BCUT2D eigenvalue weighted by molar-refractivity contribution is -0.137. The molecule has 2 aliphatic carbocycles. The largest absolute Gasteiger partial charge is 0.463 e. The Kier molecular flexibility index (Phi) is 2.38. The highest BCUT2D eigenvalue weighted by Crippen LogP contribution is 2.49. The molecule has 72 valence electrons. The first kappa shape index (κ1) is 8.79. The summed E-state index contributed by atoms with van der Waals surface area (Å²) in [4.78, 5) is 11.1. The second kappa shape index (κ2) is 3.52. The Morgan fingerprint density at radius 3 is 2.54 bits per heavy atom. The molecule has 0 bridgehead atoms. The number of carbonyl (C=O) groups excluding carboxylic acids is 1. The molecule has 0 aromatic carbocycles. The minimum Gasteiger partial charge on any atom is -0.463 e. The fourth-order valence-corrected chi connectivity index (χ4v) is 2.40. The van der Waals surface area contributed by atoms with Crippen LogP contribution in [0.3, 0.4) is 0 Å². The second-order valence-corrected chi connectivity index (χ2v) is 4.06. The normalized spacial score (nSPS) is 30.7. The second-order valence-electron chi connectivity index (χ2n) is 4.06. The van der Waals surface area contributed by atoms with Crippen molar-refractivity contribution in [3.8, 4) is 0 Å². The number of carbonyl (C=O) groups is 1. The maximum absolute atomic E-state index is 11.1. The number of fused-ring (bicyclic) bond motifs is 1. The molecule has 0 saturated heterocycles. The van der Waals surface area contributed by atoms with Gasteiger partial charge in [0.05, 0.1) is 6.61 Å². The molecular weight excluding hydrogens is 164 g/mol. The molecule has 0 aromatic rings. The maximum atomic E-state index is 11.1. The molecule has 2 heteroatoms. The van der Waals surface area contributed by atoms with E-state index < -0.39 is 0 Å². The van der Waals surface area contributed by atoms with Crippen LogP contribution in [-0.4, -0.2) is 12.6 Å². The van der Waals surface area contributed by atoms with Gasteiger partial charge < -0.3 is 4.74 Å². The molecule has 2 nitrogen and oxygen atoms in total. The van der Waals surface area contributed by atoms with Crippen molar-refractivity contribution < 1.29 is 9.53 Å². The molecule has 2 rings (SSSR count). The van der Waals surface area contributed by atoms with Crippen molar-refractivity contribution in [2.24, 2.45) is 11.8 Å². The van der Waals surface area contributed by atoms with Gasteiger partial charge in [0.25, 0.3) is 0 Å². The van der Waals surface area contributed by atoms with Crippen LogP contribution in [0.25, 0.3) is 0 Å². The van der Waals surface area contributed by atoms with Crippen LogP contribution < -0.4 is 0 Å². The standard InChI is InChI=1S/C11H16O2/c1-2-13-11(12)7-8-5-9-3-4-10(9)6-8/h7,9-10H,2-6H2,1H3. The third-order valence-corrected chi connectivity index (χ3v) is 3.23. The molecule has 13 heavy (non-hydrogen) atoms. The van der Waals surface area contributed by atoms with Crippen LogP contribution in [0, 0.1) is 11.8 Å². The van der Waals surface area contributed by atoms with E-state index >= 15 is 0 Å². The van der Waals surface area contributed by atoms with E-state index in [4.69, 9.17) is 4.74 Å². The van der Waals surface area contributed by atoms with E-state index in [2.05, 4.69) is 0 Å². The molecule has 0 heterocycles. The van der Waals surface area contributed by atoms with Crippen LogP contribution in [-0.2, 0) is 9.53 Å². The number of hydrogen-bond donors (Lipinski definition) is 0. The fraction of sp³-hybridized carbons (Fsp3) is 0.727. The molecule has 0 radical (unpaired) electrons. The summed E-state index contributed by atoms with van der Waals surface area (Å²) >= 11 is 0. The van der Waals surface area contributed by atoms with E-state index in [1.165, 1.54) is 18.4 Å². The first-order valence-corrected chi connectivity index (χ1v) is 5.15. The lowest BCUT2D eigenvalue weighted by atomic mass is 9.77. The van der Waals surface area contributed by atoms with E-state index in [1.807, 2.05) is 6.92 Å². The quantitative estimate of drug-likeness (QED) is 0.481. The van der Waals surface area contributed by atoms with Crippen LogP contribution in [0.4, 0.5) is 0 Å². The zero-order valence-corrected chi connectivity index (χ0v) is 8.08. The van der Waals surface area contributed by atoms with Gasteiger partial charge in [0.2, 0.25) is 0 Å². The Morgan fingerprint density at radius 1 is 1.46 bits per heavy atom. The van der Waals surface area contributed by atoms with Crippen molar-refractivity contribution in [3.63, 3.8) is 0 Å². The smallest absolute Gasteiger partial charge is 0.330 e. The molecule has 2 aliphatic rings. The van der Waals surface area contributed by atoms with Gasteiger partial charge in [-0.15, -0.1) is 0 Å². The minimum atomic E-state index is -0.154. The summed E-state index contributed by atoms with van der Waals surface area (Å²) in [5, 5.41) is 0. The van der Waals surface area contributed by atoms with Gasteiger partial charge >= 0.3 is 5.97 Å². The first-order valence-electron chi connectivity index (χ1n) is 5.15. The molecular formula is C11H16O2. The molecule has 0 aliphatic heterocycles. The molecule has 0 aromatic heterocycles. The lowest BCUT2D eigenvalue weighted by Gasteiger charge is -2.28. The van der Waals surface area contributed by atoms with Crippen LogP contribution in [0.2, 0.25) is 0 Å². The fourth-order valence-electron chi connectivity index (χ4n) is 2.40. The van der Waals surface area contributed by atoms with Gasteiger partial charge in [-0.3, -0.25) is 0 Å². The zero-order valence-electron chi connectivity index (χ0n) is 8.08. The summed E-state index contributed by atoms with van der Waals surface area (Å²) < 4.78 is 4.88. The van der Waals surface area contributed by atoms with Crippen molar-refractivity contribution in [2.75, 3.05) is 6.61 Å².